The molecule has 17 heavy (non-hydrogen) atoms. The van der Waals surface area contributed by atoms with E-state index in [1.807, 2.05) is 13.8 Å². The first-order chi connectivity index (χ1) is 7.77. The molecule has 98 valence electrons. The first-order valence-electron chi connectivity index (χ1n) is 4.99. The zero-order valence-electron chi connectivity index (χ0n) is 9.60. The van der Waals surface area contributed by atoms with Crippen molar-refractivity contribution in [1.29, 1.82) is 0 Å². The average molecular weight is 299 g/mol. The van der Waals surface area contributed by atoms with Gasteiger partial charge in [-0.25, -0.2) is 18.1 Å². The molecule has 1 aromatic heterocycles. The Morgan fingerprint density at radius 2 is 2.24 bits per heavy atom. The molecule has 0 aliphatic heterocycles. The molecule has 0 spiro atoms. The van der Waals surface area contributed by atoms with Crippen LogP contribution in [0.4, 0.5) is 0 Å². The Labute approximate surface area is 110 Å². The maximum atomic E-state index is 11.8. The van der Waals surface area contributed by atoms with Crippen molar-refractivity contribution in [3.63, 3.8) is 0 Å². The number of sulfonamides is 1. The van der Waals surface area contributed by atoms with Gasteiger partial charge in [-0.05, 0) is 11.8 Å². The molecule has 0 radical (unpaired) electrons. The molecule has 0 amide bonds. The molecule has 0 fully saturated rings. The van der Waals surface area contributed by atoms with Crippen molar-refractivity contribution in [2.45, 2.75) is 24.5 Å². The Hall–Kier alpha value is -0.210. The largest absolute Gasteiger partial charge is 0.396 e. The standard InChI is InChI=1S/C9H15ClN2O3S2/c1-9(2,3-4-13)6-12-17(14,15)7-5-11-8(10)16-7/h5,12-13H,3-4,6H2,1-2H3. The van der Waals surface area contributed by atoms with Gasteiger partial charge in [0.05, 0.1) is 6.20 Å². The van der Waals surface area contributed by atoms with Gasteiger partial charge in [-0.3, -0.25) is 0 Å². The van der Waals surface area contributed by atoms with E-state index in [9.17, 15) is 8.42 Å². The highest BCUT2D eigenvalue weighted by molar-refractivity contribution is 7.91. The van der Waals surface area contributed by atoms with E-state index in [2.05, 4.69) is 9.71 Å². The summed E-state index contributed by atoms with van der Waals surface area (Å²) in [7, 11) is -3.55. The minimum Gasteiger partial charge on any atom is -0.396 e. The van der Waals surface area contributed by atoms with Crippen molar-refractivity contribution in [2.24, 2.45) is 5.41 Å². The quantitative estimate of drug-likeness (QED) is 0.834. The third kappa shape index (κ3) is 4.51. The van der Waals surface area contributed by atoms with Gasteiger partial charge in [0.1, 0.15) is 0 Å². The fourth-order valence-corrected chi connectivity index (χ4v) is 3.70. The van der Waals surface area contributed by atoms with Crippen LogP contribution in [0.1, 0.15) is 20.3 Å². The minimum absolute atomic E-state index is 0.0289. The minimum atomic E-state index is -3.55. The number of rotatable bonds is 6. The van der Waals surface area contributed by atoms with Crippen LogP contribution < -0.4 is 4.72 Å². The highest BCUT2D eigenvalue weighted by Crippen LogP contribution is 2.24. The average Bonchev–Trinajstić information content (AvgIpc) is 2.63. The first-order valence-corrected chi connectivity index (χ1v) is 7.66. The molecule has 0 bridgehead atoms. The van der Waals surface area contributed by atoms with Crippen LogP contribution in [0.3, 0.4) is 0 Å². The molecular formula is C9H15ClN2O3S2. The molecule has 0 atom stereocenters. The van der Waals surface area contributed by atoms with Gasteiger partial charge >= 0.3 is 0 Å². The van der Waals surface area contributed by atoms with Gasteiger partial charge in [-0.15, -0.1) is 0 Å². The number of nitrogens with one attached hydrogen (secondary N) is 1. The van der Waals surface area contributed by atoms with Crippen molar-refractivity contribution < 1.29 is 13.5 Å². The van der Waals surface area contributed by atoms with Crippen LogP contribution in [0.25, 0.3) is 0 Å². The van der Waals surface area contributed by atoms with Crippen molar-refractivity contribution in [1.82, 2.24) is 9.71 Å². The number of aromatic nitrogens is 1. The molecule has 1 aromatic rings. The molecule has 1 heterocycles. The molecular weight excluding hydrogens is 284 g/mol. The second-order valence-corrected chi connectivity index (χ2v) is 8.00. The van der Waals surface area contributed by atoms with Gasteiger partial charge in [-0.2, -0.15) is 0 Å². The van der Waals surface area contributed by atoms with Crippen LogP contribution >= 0.6 is 22.9 Å². The van der Waals surface area contributed by atoms with Crippen molar-refractivity contribution in [3.8, 4) is 0 Å². The Morgan fingerprint density at radius 3 is 2.71 bits per heavy atom. The summed E-state index contributed by atoms with van der Waals surface area (Å²) in [5.41, 5.74) is -0.295. The second-order valence-electron chi connectivity index (χ2n) is 4.39. The van der Waals surface area contributed by atoms with E-state index in [1.165, 1.54) is 6.20 Å². The lowest BCUT2D eigenvalue weighted by atomic mass is 9.90. The van der Waals surface area contributed by atoms with Crippen LogP contribution in [0.5, 0.6) is 0 Å². The normalized spacial score (nSPS) is 12.9. The van der Waals surface area contributed by atoms with E-state index in [0.29, 0.717) is 6.42 Å². The van der Waals surface area contributed by atoms with Crippen molar-refractivity contribution in [3.05, 3.63) is 10.7 Å². The van der Waals surface area contributed by atoms with Crippen molar-refractivity contribution >= 4 is 33.0 Å². The number of hydrogen-bond acceptors (Lipinski definition) is 5. The molecule has 0 unspecified atom stereocenters. The van der Waals surface area contributed by atoms with E-state index in [1.54, 1.807) is 0 Å². The zero-order valence-corrected chi connectivity index (χ0v) is 12.0. The summed E-state index contributed by atoms with van der Waals surface area (Å²) in [6.45, 7) is 4.04. The molecule has 2 N–H and O–H groups in total. The number of aliphatic hydroxyl groups is 1. The molecule has 1 rings (SSSR count). The van der Waals surface area contributed by atoms with Gasteiger partial charge in [0, 0.05) is 13.2 Å². The number of aliphatic hydroxyl groups excluding tert-OH is 1. The van der Waals surface area contributed by atoms with Crippen LogP contribution in [-0.2, 0) is 10.0 Å². The molecule has 0 aliphatic carbocycles. The highest BCUT2D eigenvalue weighted by Gasteiger charge is 2.23. The summed E-state index contributed by atoms with van der Waals surface area (Å²) in [6, 6.07) is 0. The summed E-state index contributed by atoms with van der Waals surface area (Å²) >= 11 is 6.50. The van der Waals surface area contributed by atoms with Gasteiger partial charge in [0.25, 0.3) is 10.0 Å². The number of hydrogen-bond donors (Lipinski definition) is 2. The molecule has 0 saturated heterocycles. The topological polar surface area (TPSA) is 79.3 Å². The van der Waals surface area contributed by atoms with E-state index in [-0.39, 0.29) is 27.2 Å². The molecule has 8 heteroatoms. The Kier molecular flexibility index (Phi) is 4.91. The van der Waals surface area contributed by atoms with Gasteiger partial charge in [0.15, 0.2) is 8.68 Å². The fraction of sp³-hybridized carbons (Fsp3) is 0.667. The van der Waals surface area contributed by atoms with Gasteiger partial charge in [-0.1, -0.05) is 36.8 Å². The molecule has 0 aromatic carbocycles. The SMILES string of the molecule is CC(C)(CCO)CNS(=O)(=O)c1cnc(Cl)s1. The first kappa shape index (κ1) is 14.8. The van der Waals surface area contributed by atoms with Gasteiger partial charge < -0.3 is 5.11 Å². The Balaban J connectivity index is 2.69. The molecule has 0 saturated carbocycles. The Bertz CT molecular complexity index is 470. The highest BCUT2D eigenvalue weighted by atomic mass is 35.5. The lowest BCUT2D eigenvalue weighted by Gasteiger charge is -2.23. The number of nitrogens with zero attached hydrogens (tertiary/aromatic N) is 1. The smallest absolute Gasteiger partial charge is 0.251 e. The molecule has 5 nitrogen and oxygen atoms in total. The summed E-state index contributed by atoms with van der Waals surface area (Å²) in [5.74, 6) is 0. The van der Waals surface area contributed by atoms with Crippen LogP contribution in [-0.4, -0.2) is 31.7 Å². The van der Waals surface area contributed by atoms with Crippen molar-refractivity contribution in [2.75, 3.05) is 13.2 Å². The van der Waals surface area contributed by atoms with Gasteiger partial charge in [0.2, 0.25) is 0 Å². The van der Waals surface area contributed by atoms with E-state index >= 15 is 0 Å². The van der Waals surface area contributed by atoms with Crippen LogP contribution in [0.2, 0.25) is 4.47 Å². The zero-order chi connectivity index (χ0) is 13.1. The summed E-state index contributed by atoms with van der Waals surface area (Å²) in [4.78, 5) is 3.69. The lowest BCUT2D eigenvalue weighted by Crippen LogP contribution is -2.34. The molecule has 0 aliphatic rings. The van der Waals surface area contributed by atoms with E-state index < -0.39 is 10.0 Å². The predicted molar refractivity (Wildman–Crippen MR) is 67.8 cm³/mol. The summed E-state index contributed by atoms with van der Waals surface area (Å²) in [5, 5.41) is 8.85. The third-order valence-corrected chi connectivity index (χ3v) is 5.23. The third-order valence-electron chi connectivity index (χ3n) is 2.25. The predicted octanol–water partition coefficient (Wildman–Crippen LogP) is 1.48. The van der Waals surface area contributed by atoms with Crippen LogP contribution in [0, 0.1) is 5.41 Å². The Morgan fingerprint density at radius 1 is 1.59 bits per heavy atom. The second kappa shape index (κ2) is 5.62. The monoisotopic (exact) mass is 298 g/mol. The maximum absolute atomic E-state index is 11.8. The van der Waals surface area contributed by atoms with E-state index in [4.69, 9.17) is 16.7 Å². The van der Waals surface area contributed by atoms with E-state index in [0.717, 1.165) is 11.3 Å². The number of halogens is 1. The van der Waals surface area contributed by atoms with Crippen LogP contribution in [0.15, 0.2) is 10.4 Å². The lowest BCUT2D eigenvalue weighted by molar-refractivity contribution is 0.213. The summed E-state index contributed by atoms with van der Waals surface area (Å²) < 4.78 is 26.4. The fourth-order valence-electron chi connectivity index (χ4n) is 1.12. The number of thiazole rings is 1. The summed E-state index contributed by atoms with van der Waals surface area (Å²) in [6.07, 6.45) is 1.76. The maximum Gasteiger partial charge on any atom is 0.251 e.